The third-order valence-corrected chi connectivity index (χ3v) is 4.06. The zero-order chi connectivity index (χ0) is 14.0. The highest BCUT2D eigenvalue weighted by atomic mass is 32.2. The lowest BCUT2D eigenvalue weighted by molar-refractivity contribution is 0.600. The molecule has 0 fully saturated rings. The van der Waals surface area contributed by atoms with Crippen molar-refractivity contribution in [2.24, 2.45) is 0 Å². The molecule has 0 amide bonds. The summed E-state index contributed by atoms with van der Waals surface area (Å²) in [7, 11) is -3.49. The Balaban J connectivity index is 1.88. The van der Waals surface area contributed by atoms with Crippen molar-refractivity contribution in [1.29, 1.82) is 0 Å². The Bertz CT molecular complexity index is 828. The summed E-state index contributed by atoms with van der Waals surface area (Å²) in [6, 6.07) is 14.2. The van der Waals surface area contributed by atoms with E-state index in [1.165, 1.54) is 0 Å². The Labute approximate surface area is 115 Å². The lowest BCUT2D eigenvalue weighted by Crippen LogP contribution is -2.15. The number of nitrogens with zero attached hydrogens (tertiary/aromatic N) is 2. The Morgan fingerprint density at radius 2 is 1.80 bits per heavy atom. The number of rotatable bonds is 4. The van der Waals surface area contributed by atoms with Gasteiger partial charge in [0, 0.05) is 0 Å². The first-order valence-corrected chi connectivity index (χ1v) is 7.63. The summed E-state index contributed by atoms with van der Waals surface area (Å²) in [6.07, 6.45) is 0. The minimum atomic E-state index is -3.49. The zero-order valence-electron chi connectivity index (χ0n) is 10.4. The number of anilines is 1. The molecule has 0 aliphatic carbocycles. The molecule has 7 heteroatoms. The quantitative estimate of drug-likeness (QED) is 0.767. The van der Waals surface area contributed by atoms with Crippen LogP contribution >= 0.6 is 0 Å². The van der Waals surface area contributed by atoms with Crippen molar-refractivity contribution in [3.63, 3.8) is 0 Å². The smallest absolute Gasteiger partial charge is 0.236 e. The van der Waals surface area contributed by atoms with Gasteiger partial charge in [0.25, 0.3) is 0 Å². The first-order valence-electron chi connectivity index (χ1n) is 5.98. The van der Waals surface area contributed by atoms with Crippen LogP contribution in [0.25, 0.3) is 11.0 Å². The molecule has 0 unspecified atom stereocenters. The van der Waals surface area contributed by atoms with E-state index in [-0.39, 0.29) is 5.75 Å². The second kappa shape index (κ2) is 4.93. The highest BCUT2D eigenvalue weighted by Crippen LogP contribution is 2.20. The van der Waals surface area contributed by atoms with E-state index in [0.29, 0.717) is 16.7 Å². The van der Waals surface area contributed by atoms with Crippen molar-refractivity contribution < 1.29 is 8.42 Å². The van der Waals surface area contributed by atoms with Crippen molar-refractivity contribution in [2.75, 3.05) is 4.72 Å². The van der Waals surface area contributed by atoms with E-state index in [1.807, 2.05) is 18.2 Å². The van der Waals surface area contributed by atoms with Gasteiger partial charge in [-0.2, -0.15) is 15.4 Å². The average molecular weight is 288 g/mol. The Kier molecular flexibility index (Phi) is 3.11. The topological polar surface area (TPSA) is 87.7 Å². The summed E-state index contributed by atoms with van der Waals surface area (Å²) in [5.41, 5.74) is 2.27. The second-order valence-corrected chi connectivity index (χ2v) is 6.07. The van der Waals surface area contributed by atoms with Crippen LogP contribution in [-0.2, 0) is 15.8 Å². The normalized spacial score (nSPS) is 11.6. The fourth-order valence-electron chi connectivity index (χ4n) is 1.95. The van der Waals surface area contributed by atoms with Crippen molar-refractivity contribution in [3.05, 3.63) is 54.1 Å². The number of H-pyrrole nitrogens is 1. The van der Waals surface area contributed by atoms with E-state index in [0.717, 1.165) is 5.56 Å². The van der Waals surface area contributed by atoms with Gasteiger partial charge in [0.1, 0.15) is 11.0 Å². The Morgan fingerprint density at radius 1 is 1.00 bits per heavy atom. The molecule has 0 saturated carbocycles. The molecule has 0 bridgehead atoms. The second-order valence-electron chi connectivity index (χ2n) is 4.34. The van der Waals surface area contributed by atoms with Crippen LogP contribution in [0.1, 0.15) is 5.56 Å². The van der Waals surface area contributed by atoms with Crippen LogP contribution in [0, 0.1) is 0 Å². The van der Waals surface area contributed by atoms with Gasteiger partial charge < -0.3 is 0 Å². The Morgan fingerprint density at radius 3 is 2.60 bits per heavy atom. The summed E-state index contributed by atoms with van der Waals surface area (Å²) < 4.78 is 26.9. The molecule has 20 heavy (non-hydrogen) atoms. The molecular weight excluding hydrogens is 276 g/mol. The minimum Gasteiger partial charge on any atom is -0.281 e. The van der Waals surface area contributed by atoms with E-state index >= 15 is 0 Å². The van der Waals surface area contributed by atoms with Crippen molar-refractivity contribution in [3.8, 4) is 0 Å². The molecule has 0 radical (unpaired) electrons. The van der Waals surface area contributed by atoms with Crippen LogP contribution in [0.15, 0.2) is 48.5 Å². The molecule has 3 aromatic rings. The molecule has 3 rings (SSSR count). The molecule has 0 spiro atoms. The van der Waals surface area contributed by atoms with Gasteiger partial charge in [0.05, 0.1) is 11.4 Å². The van der Waals surface area contributed by atoms with Gasteiger partial charge in [-0.25, -0.2) is 8.42 Å². The molecule has 0 aliphatic heterocycles. The maximum absolute atomic E-state index is 12.2. The number of para-hydroxylation sites is 1. The number of benzene rings is 2. The summed E-state index contributed by atoms with van der Waals surface area (Å²) in [5.74, 6) is -0.0813. The number of fused-ring (bicyclic) bond motifs is 1. The molecule has 2 N–H and O–H groups in total. The molecule has 0 saturated heterocycles. The van der Waals surface area contributed by atoms with Crippen LogP contribution in [-0.4, -0.2) is 23.8 Å². The van der Waals surface area contributed by atoms with Gasteiger partial charge in [-0.3, -0.25) is 4.72 Å². The lowest BCUT2D eigenvalue weighted by Gasteiger charge is -2.08. The largest absolute Gasteiger partial charge is 0.281 e. The fourth-order valence-corrected chi connectivity index (χ4v) is 3.15. The van der Waals surface area contributed by atoms with Crippen LogP contribution in [0.5, 0.6) is 0 Å². The zero-order valence-corrected chi connectivity index (χ0v) is 11.3. The third-order valence-electron chi connectivity index (χ3n) is 2.81. The molecule has 1 heterocycles. The van der Waals surface area contributed by atoms with Crippen LogP contribution in [0.3, 0.4) is 0 Å². The first-order chi connectivity index (χ1) is 9.64. The van der Waals surface area contributed by atoms with Gasteiger partial charge in [-0.15, -0.1) is 0 Å². The highest BCUT2D eigenvalue weighted by molar-refractivity contribution is 7.91. The molecule has 1 aromatic heterocycles. The van der Waals surface area contributed by atoms with Gasteiger partial charge in [-0.05, 0) is 17.7 Å². The number of sulfonamides is 1. The van der Waals surface area contributed by atoms with E-state index in [2.05, 4.69) is 20.1 Å². The van der Waals surface area contributed by atoms with E-state index in [4.69, 9.17) is 0 Å². The van der Waals surface area contributed by atoms with Gasteiger partial charge >= 0.3 is 0 Å². The first kappa shape index (κ1) is 12.6. The summed E-state index contributed by atoms with van der Waals surface area (Å²) in [4.78, 5) is 0. The highest BCUT2D eigenvalue weighted by Gasteiger charge is 2.14. The molecule has 102 valence electrons. The Hall–Kier alpha value is -2.41. The van der Waals surface area contributed by atoms with Crippen LogP contribution in [0.4, 0.5) is 5.69 Å². The third kappa shape index (κ3) is 2.62. The molecule has 6 nitrogen and oxygen atoms in total. The van der Waals surface area contributed by atoms with Gasteiger partial charge in [0.15, 0.2) is 0 Å². The number of hydrogen-bond donors (Lipinski definition) is 2. The fraction of sp³-hybridized carbons (Fsp3) is 0.0769. The summed E-state index contributed by atoms with van der Waals surface area (Å²) in [5, 5.41) is 10.3. The number of hydrogen-bond acceptors (Lipinski definition) is 4. The summed E-state index contributed by atoms with van der Waals surface area (Å²) >= 11 is 0. The molecule has 0 atom stereocenters. The van der Waals surface area contributed by atoms with E-state index in [1.54, 1.807) is 30.3 Å². The maximum Gasteiger partial charge on any atom is 0.236 e. The van der Waals surface area contributed by atoms with Gasteiger partial charge in [-0.1, -0.05) is 36.4 Å². The van der Waals surface area contributed by atoms with E-state index in [9.17, 15) is 8.42 Å². The van der Waals surface area contributed by atoms with Crippen LogP contribution < -0.4 is 4.72 Å². The standard InChI is InChI=1S/C13H12N4O2S/c18-20(19,9-10-5-2-1-3-6-10)16-12-8-4-7-11-13(12)15-17-14-11/h1-8,16H,9H2,(H,14,15,17). The maximum atomic E-state index is 12.2. The lowest BCUT2D eigenvalue weighted by atomic mass is 10.2. The predicted molar refractivity (Wildman–Crippen MR) is 76.6 cm³/mol. The van der Waals surface area contributed by atoms with E-state index < -0.39 is 10.0 Å². The summed E-state index contributed by atoms with van der Waals surface area (Å²) in [6.45, 7) is 0. The predicted octanol–water partition coefficient (Wildman–Crippen LogP) is 1.90. The molecule has 0 aliphatic rings. The minimum absolute atomic E-state index is 0.0813. The van der Waals surface area contributed by atoms with Crippen molar-refractivity contribution in [2.45, 2.75) is 5.75 Å². The van der Waals surface area contributed by atoms with Crippen LogP contribution in [0.2, 0.25) is 0 Å². The number of aromatic amines is 1. The van der Waals surface area contributed by atoms with Gasteiger partial charge in [0.2, 0.25) is 10.0 Å². The average Bonchev–Trinajstić information content (AvgIpc) is 2.88. The number of nitrogens with one attached hydrogen (secondary N) is 2. The van der Waals surface area contributed by atoms with Crippen molar-refractivity contribution >= 4 is 26.7 Å². The molecule has 2 aromatic carbocycles. The van der Waals surface area contributed by atoms with Crippen molar-refractivity contribution in [1.82, 2.24) is 15.4 Å². The monoisotopic (exact) mass is 288 g/mol. The SMILES string of the molecule is O=S(=O)(Cc1ccccc1)Nc1cccc2n[nH]nc12. The number of aromatic nitrogens is 3. The molecular formula is C13H12N4O2S.